The van der Waals surface area contributed by atoms with Crippen molar-refractivity contribution in [2.24, 2.45) is 0 Å². The Morgan fingerprint density at radius 2 is 1.48 bits per heavy atom. The molecule has 148 valence electrons. The molecule has 1 aliphatic heterocycles. The smallest absolute Gasteiger partial charge is 0.265 e. The number of nitrogens with zero attached hydrogens (tertiary/aromatic N) is 3. The maximum atomic E-state index is 12.9. The largest absolute Gasteiger partial charge is 0.335 e. The molecular formula is C21H17Cl2N3O2S. The van der Waals surface area contributed by atoms with Crippen molar-refractivity contribution in [2.75, 3.05) is 26.2 Å². The third-order valence-corrected chi connectivity index (χ3v) is 6.37. The first-order chi connectivity index (χ1) is 14.0. The zero-order valence-electron chi connectivity index (χ0n) is 15.3. The summed E-state index contributed by atoms with van der Waals surface area (Å²) in [5.41, 5.74) is 1.41. The molecule has 1 fully saturated rings. The van der Waals surface area contributed by atoms with Crippen LogP contribution in [0, 0.1) is 0 Å². The molecule has 1 aromatic heterocycles. The zero-order valence-corrected chi connectivity index (χ0v) is 17.7. The average Bonchev–Trinajstić information content (AvgIpc) is 3.24. The number of halogens is 2. The second-order valence-corrected chi connectivity index (χ2v) is 8.48. The molecule has 0 aliphatic carbocycles. The molecule has 4 rings (SSSR count). The van der Waals surface area contributed by atoms with E-state index in [2.05, 4.69) is 4.98 Å². The van der Waals surface area contributed by atoms with Gasteiger partial charge in [-0.15, -0.1) is 11.3 Å². The molecule has 0 unspecified atom stereocenters. The van der Waals surface area contributed by atoms with Gasteiger partial charge in [0.25, 0.3) is 11.8 Å². The van der Waals surface area contributed by atoms with Crippen LogP contribution < -0.4 is 0 Å². The molecule has 0 atom stereocenters. The number of hydrogen-bond donors (Lipinski definition) is 0. The van der Waals surface area contributed by atoms with Gasteiger partial charge in [0.1, 0.15) is 9.88 Å². The summed E-state index contributed by atoms with van der Waals surface area (Å²) in [6.07, 6.45) is 1.59. The standard InChI is InChI=1S/C21H17Cl2N3O2S/c22-15-7-5-14(6-8-15)20(27)25-9-11-26(12-10-25)21(28)18-13-24-19(29-18)16-3-1-2-4-17(16)23/h1-8,13H,9-12H2. The summed E-state index contributed by atoms with van der Waals surface area (Å²) in [6.45, 7) is 1.95. The highest BCUT2D eigenvalue weighted by Crippen LogP contribution is 2.31. The van der Waals surface area contributed by atoms with E-state index < -0.39 is 0 Å². The summed E-state index contributed by atoms with van der Waals surface area (Å²) in [7, 11) is 0. The Morgan fingerprint density at radius 3 is 2.14 bits per heavy atom. The van der Waals surface area contributed by atoms with Crippen LogP contribution >= 0.6 is 34.5 Å². The van der Waals surface area contributed by atoms with Gasteiger partial charge in [-0.05, 0) is 30.3 Å². The summed E-state index contributed by atoms with van der Waals surface area (Å²) >= 11 is 13.4. The van der Waals surface area contributed by atoms with E-state index in [9.17, 15) is 9.59 Å². The highest BCUT2D eigenvalue weighted by atomic mass is 35.5. The fourth-order valence-electron chi connectivity index (χ4n) is 3.18. The summed E-state index contributed by atoms with van der Waals surface area (Å²) in [5, 5.41) is 1.92. The lowest BCUT2D eigenvalue weighted by Gasteiger charge is -2.34. The highest BCUT2D eigenvalue weighted by molar-refractivity contribution is 7.17. The van der Waals surface area contributed by atoms with Gasteiger partial charge in [0.2, 0.25) is 0 Å². The number of aromatic nitrogens is 1. The molecule has 5 nitrogen and oxygen atoms in total. The van der Waals surface area contributed by atoms with Crippen molar-refractivity contribution in [1.82, 2.24) is 14.8 Å². The van der Waals surface area contributed by atoms with Gasteiger partial charge in [0.15, 0.2) is 0 Å². The average molecular weight is 446 g/mol. The molecule has 0 N–H and O–H groups in total. The molecule has 1 aliphatic rings. The van der Waals surface area contributed by atoms with Crippen LogP contribution in [0.2, 0.25) is 10.0 Å². The minimum Gasteiger partial charge on any atom is -0.335 e. The second-order valence-electron chi connectivity index (χ2n) is 6.60. The third-order valence-electron chi connectivity index (χ3n) is 4.77. The summed E-state index contributed by atoms with van der Waals surface area (Å²) in [4.78, 5) is 33.9. The SMILES string of the molecule is O=C(c1ccc(Cl)cc1)N1CCN(C(=O)c2cnc(-c3ccccc3Cl)s2)CC1. The van der Waals surface area contributed by atoms with Crippen LogP contribution in [0.3, 0.4) is 0 Å². The Morgan fingerprint density at radius 1 is 0.862 bits per heavy atom. The number of rotatable bonds is 3. The Hall–Kier alpha value is -2.41. The van der Waals surface area contributed by atoms with E-state index in [-0.39, 0.29) is 11.8 Å². The van der Waals surface area contributed by atoms with Gasteiger partial charge in [-0.25, -0.2) is 4.98 Å². The molecule has 1 saturated heterocycles. The van der Waals surface area contributed by atoms with Crippen molar-refractivity contribution >= 4 is 46.4 Å². The first-order valence-corrected chi connectivity index (χ1v) is 10.6. The Bertz CT molecular complexity index is 1040. The number of carbonyl (C=O) groups is 2. The van der Waals surface area contributed by atoms with Crippen LogP contribution in [-0.4, -0.2) is 52.8 Å². The van der Waals surface area contributed by atoms with Crippen LogP contribution in [0.1, 0.15) is 20.0 Å². The molecule has 2 heterocycles. The quantitative estimate of drug-likeness (QED) is 0.586. The summed E-state index contributed by atoms with van der Waals surface area (Å²) in [5.74, 6) is -0.119. The Kier molecular flexibility index (Phi) is 5.85. The molecule has 2 aromatic carbocycles. The van der Waals surface area contributed by atoms with E-state index in [0.717, 1.165) is 10.6 Å². The normalized spacial score (nSPS) is 14.1. The predicted octanol–water partition coefficient (Wildman–Crippen LogP) is 4.72. The van der Waals surface area contributed by atoms with Crippen LogP contribution in [0.25, 0.3) is 10.6 Å². The Labute approximate surface area is 182 Å². The van der Waals surface area contributed by atoms with Crippen molar-refractivity contribution in [1.29, 1.82) is 0 Å². The van der Waals surface area contributed by atoms with Gasteiger partial charge in [0.05, 0.1) is 11.2 Å². The number of thiazole rings is 1. The topological polar surface area (TPSA) is 53.5 Å². The van der Waals surface area contributed by atoms with Gasteiger partial charge < -0.3 is 9.80 Å². The molecule has 29 heavy (non-hydrogen) atoms. The van der Waals surface area contributed by atoms with Crippen LogP contribution in [0.15, 0.2) is 54.7 Å². The van der Waals surface area contributed by atoms with Gasteiger partial charge >= 0.3 is 0 Å². The van der Waals surface area contributed by atoms with Gasteiger partial charge in [0, 0.05) is 42.3 Å². The van der Waals surface area contributed by atoms with Crippen LogP contribution in [0.5, 0.6) is 0 Å². The van der Waals surface area contributed by atoms with Crippen LogP contribution in [-0.2, 0) is 0 Å². The molecule has 3 aromatic rings. The minimum absolute atomic E-state index is 0.0486. The lowest BCUT2D eigenvalue weighted by atomic mass is 10.2. The summed E-state index contributed by atoms with van der Waals surface area (Å²) < 4.78 is 0. The van der Waals surface area contributed by atoms with E-state index in [1.165, 1.54) is 11.3 Å². The monoisotopic (exact) mass is 445 g/mol. The molecular weight excluding hydrogens is 429 g/mol. The molecule has 0 saturated carbocycles. The zero-order chi connectivity index (χ0) is 20.4. The molecule has 0 bridgehead atoms. The van der Waals surface area contributed by atoms with Crippen LogP contribution in [0.4, 0.5) is 0 Å². The number of piperazine rings is 1. The van der Waals surface area contributed by atoms with Gasteiger partial charge in [-0.1, -0.05) is 41.4 Å². The number of amides is 2. The van der Waals surface area contributed by atoms with E-state index in [0.29, 0.717) is 46.7 Å². The predicted molar refractivity (Wildman–Crippen MR) is 116 cm³/mol. The number of carbonyl (C=O) groups excluding carboxylic acids is 2. The number of hydrogen-bond acceptors (Lipinski definition) is 4. The highest BCUT2D eigenvalue weighted by Gasteiger charge is 2.26. The molecule has 8 heteroatoms. The third kappa shape index (κ3) is 4.29. The molecule has 2 amide bonds. The van der Waals surface area contributed by atoms with Crippen molar-refractivity contribution in [3.8, 4) is 10.6 Å². The Balaban J connectivity index is 1.40. The van der Waals surface area contributed by atoms with Crippen molar-refractivity contribution < 1.29 is 9.59 Å². The number of benzene rings is 2. The minimum atomic E-state index is -0.0700. The van der Waals surface area contributed by atoms with Gasteiger partial charge in [-0.3, -0.25) is 9.59 Å². The summed E-state index contributed by atoms with van der Waals surface area (Å²) in [6, 6.07) is 14.3. The lowest BCUT2D eigenvalue weighted by molar-refractivity contribution is 0.0538. The van der Waals surface area contributed by atoms with E-state index in [4.69, 9.17) is 23.2 Å². The van der Waals surface area contributed by atoms with E-state index in [1.807, 2.05) is 18.2 Å². The fourth-order valence-corrected chi connectivity index (χ4v) is 4.51. The molecule has 0 spiro atoms. The van der Waals surface area contributed by atoms with Crippen molar-refractivity contribution in [3.05, 3.63) is 75.2 Å². The van der Waals surface area contributed by atoms with Crippen molar-refractivity contribution in [2.45, 2.75) is 0 Å². The van der Waals surface area contributed by atoms with E-state index >= 15 is 0 Å². The van der Waals surface area contributed by atoms with E-state index in [1.54, 1.807) is 46.3 Å². The van der Waals surface area contributed by atoms with Gasteiger partial charge in [-0.2, -0.15) is 0 Å². The first-order valence-electron chi connectivity index (χ1n) is 9.08. The maximum Gasteiger partial charge on any atom is 0.265 e. The van der Waals surface area contributed by atoms with Crippen molar-refractivity contribution in [3.63, 3.8) is 0 Å². The maximum absolute atomic E-state index is 12.9. The fraction of sp³-hybridized carbons (Fsp3) is 0.190. The second kappa shape index (κ2) is 8.53. The first kappa shape index (κ1) is 19.9. The molecule has 0 radical (unpaired) electrons. The lowest BCUT2D eigenvalue weighted by Crippen LogP contribution is -2.50.